The minimum Gasteiger partial charge on any atom is -0.452 e. The van der Waals surface area contributed by atoms with Crippen LogP contribution in [0.4, 0.5) is 0 Å². The fourth-order valence-corrected chi connectivity index (χ4v) is 4.50. The lowest BCUT2D eigenvalue weighted by molar-refractivity contribution is -0.150. The average molecular weight is 432 g/mol. The van der Waals surface area contributed by atoms with Gasteiger partial charge in [-0.15, -0.1) is 0 Å². The number of hydrogen-bond donors (Lipinski definition) is 0. The van der Waals surface area contributed by atoms with Gasteiger partial charge in [-0.1, -0.05) is 29.8 Å². The minimum absolute atomic E-state index is 0.0528. The van der Waals surface area contributed by atoms with Crippen LogP contribution in [0.5, 0.6) is 0 Å². The van der Waals surface area contributed by atoms with Gasteiger partial charge < -0.3 is 9.64 Å². The number of benzene rings is 1. The summed E-state index contributed by atoms with van der Waals surface area (Å²) < 4.78 is 6.89. The summed E-state index contributed by atoms with van der Waals surface area (Å²) in [7, 11) is 3.31. The Bertz CT molecular complexity index is 1000. The van der Waals surface area contributed by atoms with Gasteiger partial charge in [0.25, 0.3) is 5.91 Å². The molecule has 1 fully saturated rings. The molecular weight excluding hydrogens is 406 g/mol. The molecular formula is C22H26ClN3O4. The molecule has 2 aromatic rings. The number of carbonyl (C=O) groups excluding carboxylic acids is 3. The number of nitrogens with zero attached hydrogens (tertiary/aromatic N) is 3. The third-order valence-electron chi connectivity index (χ3n) is 5.96. The zero-order chi connectivity index (χ0) is 22.1. The summed E-state index contributed by atoms with van der Waals surface area (Å²) in [6.45, 7) is 3.00. The van der Waals surface area contributed by atoms with E-state index in [1.807, 2.05) is 0 Å². The number of likely N-dealkylation sites (N-methyl/N-ethyl adjacent to an activating group) is 1. The highest BCUT2D eigenvalue weighted by atomic mass is 35.5. The topological polar surface area (TPSA) is 81.5 Å². The Morgan fingerprint density at radius 3 is 2.57 bits per heavy atom. The standard InChI is InChI=1S/C22H26ClN3O4/c1-14-20(15(2)26(4)24-14)21(29)30-13-19(28)25(3)22(12-8-7-11-18(22)27)16-9-5-6-10-17(16)23/h5-6,9-10H,7-8,11-13H2,1-4H3. The van der Waals surface area contributed by atoms with Crippen molar-refractivity contribution in [3.05, 3.63) is 51.8 Å². The van der Waals surface area contributed by atoms with Crippen LogP contribution >= 0.6 is 11.6 Å². The van der Waals surface area contributed by atoms with Crippen LogP contribution in [0.3, 0.4) is 0 Å². The highest BCUT2D eigenvalue weighted by Crippen LogP contribution is 2.42. The van der Waals surface area contributed by atoms with Crippen molar-refractivity contribution >= 4 is 29.3 Å². The summed E-state index contributed by atoms with van der Waals surface area (Å²) in [6, 6.07) is 7.09. The summed E-state index contributed by atoms with van der Waals surface area (Å²) in [5.74, 6) is -1.12. The quantitative estimate of drug-likeness (QED) is 0.678. The molecule has 1 atom stereocenters. The molecule has 0 bridgehead atoms. The largest absolute Gasteiger partial charge is 0.452 e. The maximum absolute atomic E-state index is 13.1. The molecule has 1 heterocycles. The van der Waals surface area contributed by atoms with Gasteiger partial charge in [-0.25, -0.2) is 4.79 Å². The van der Waals surface area contributed by atoms with Gasteiger partial charge in [-0.2, -0.15) is 5.10 Å². The summed E-state index contributed by atoms with van der Waals surface area (Å²) in [5, 5.41) is 4.63. The van der Waals surface area contributed by atoms with Crippen LogP contribution < -0.4 is 0 Å². The molecule has 0 spiro atoms. The third-order valence-corrected chi connectivity index (χ3v) is 6.29. The van der Waals surface area contributed by atoms with E-state index >= 15 is 0 Å². The van der Waals surface area contributed by atoms with Crippen molar-refractivity contribution in [3.63, 3.8) is 0 Å². The summed E-state index contributed by atoms with van der Waals surface area (Å²) in [5.41, 5.74) is 1.00. The van der Waals surface area contributed by atoms with Crippen molar-refractivity contribution in [2.75, 3.05) is 13.7 Å². The molecule has 1 saturated carbocycles. The molecule has 1 aromatic heterocycles. The van der Waals surface area contributed by atoms with Crippen LogP contribution in [0.25, 0.3) is 0 Å². The van der Waals surface area contributed by atoms with Gasteiger partial charge in [-0.05, 0) is 39.2 Å². The molecule has 0 saturated heterocycles. The normalized spacial score (nSPS) is 18.9. The van der Waals surface area contributed by atoms with Crippen molar-refractivity contribution in [1.82, 2.24) is 14.7 Å². The Hall–Kier alpha value is -2.67. The number of amides is 1. The fourth-order valence-electron chi connectivity index (χ4n) is 4.21. The first-order chi connectivity index (χ1) is 14.2. The molecule has 3 rings (SSSR count). The molecule has 1 aliphatic carbocycles. The van der Waals surface area contributed by atoms with Gasteiger partial charge in [0, 0.05) is 36.8 Å². The highest BCUT2D eigenvalue weighted by Gasteiger charge is 2.48. The number of carbonyl (C=O) groups is 3. The van der Waals surface area contributed by atoms with Crippen molar-refractivity contribution in [3.8, 4) is 0 Å². The molecule has 7 nitrogen and oxygen atoms in total. The maximum atomic E-state index is 13.1. The van der Waals surface area contributed by atoms with E-state index < -0.39 is 24.0 Å². The minimum atomic E-state index is -1.15. The third kappa shape index (κ3) is 3.74. The Labute approximate surface area is 180 Å². The van der Waals surface area contributed by atoms with Gasteiger partial charge >= 0.3 is 5.97 Å². The second-order valence-electron chi connectivity index (χ2n) is 7.67. The monoisotopic (exact) mass is 431 g/mol. The predicted molar refractivity (Wildman–Crippen MR) is 112 cm³/mol. The first kappa shape index (κ1) is 22.0. The van der Waals surface area contributed by atoms with Gasteiger partial charge in [0.15, 0.2) is 12.4 Å². The van der Waals surface area contributed by atoms with Crippen LogP contribution in [0.2, 0.25) is 5.02 Å². The Balaban J connectivity index is 1.84. The maximum Gasteiger partial charge on any atom is 0.342 e. The van der Waals surface area contributed by atoms with Crippen molar-refractivity contribution < 1.29 is 19.1 Å². The molecule has 8 heteroatoms. The van der Waals surface area contributed by atoms with Gasteiger partial charge in [-0.3, -0.25) is 14.3 Å². The number of Topliss-reactive ketones (excluding diaryl/α,β-unsaturated/α-hetero) is 1. The van der Waals surface area contributed by atoms with Crippen LogP contribution in [-0.2, 0) is 26.9 Å². The number of aryl methyl sites for hydroxylation is 2. The summed E-state index contributed by atoms with van der Waals surface area (Å²) in [4.78, 5) is 40.0. The number of ketones is 1. The summed E-state index contributed by atoms with van der Waals surface area (Å²) >= 11 is 6.42. The number of halogens is 1. The molecule has 1 unspecified atom stereocenters. The van der Waals surface area contributed by atoms with E-state index in [0.717, 1.165) is 12.8 Å². The molecule has 1 aromatic carbocycles. The second kappa shape index (κ2) is 8.60. The highest BCUT2D eigenvalue weighted by molar-refractivity contribution is 6.31. The van der Waals surface area contributed by atoms with Crippen LogP contribution in [0, 0.1) is 13.8 Å². The fraction of sp³-hybridized carbons (Fsp3) is 0.455. The molecule has 0 N–H and O–H groups in total. The van der Waals surface area contributed by atoms with E-state index in [1.165, 1.54) is 4.90 Å². The zero-order valence-electron chi connectivity index (χ0n) is 17.7. The van der Waals surface area contributed by atoms with Crippen molar-refractivity contribution in [2.45, 2.75) is 45.1 Å². The Kier molecular flexibility index (Phi) is 6.31. The molecule has 1 amide bonds. The molecule has 30 heavy (non-hydrogen) atoms. The van der Waals surface area contributed by atoms with Gasteiger partial charge in [0.1, 0.15) is 11.1 Å². The van der Waals surface area contributed by atoms with Gasteiger partial charge in [0.2, 0.25) is 0 Å². The predicted octanol–water partition coefficient (Wildman–Crippen LogP) is 3.34. The van der Waals surface area contributed by atoms with Gasteiger partial charge in [0.05, 0.1) is 5.69 Å². The molecule has 1 aliphatic rings. The number of ether oxygens (including phenoxy) is 1. The molecule has 160 valence electrons. The number of rotatable bonds is 5. The SMILES string of the molecule is Cc1nn(C)c(C)c1C(=O)OCC(=O)N(C)C1(c2ccccc2Cl)CCCCC1=O. The van der Waals surface area contributed by atoms with Crippen LogP contribution in [0.1, 0.15) is 53.0 Å². The lowest BCUT2D eigenvalue weighted by Gasteiger charge is -2.43. The van der Waals surface area contributed by atoms with E-state index in [9.17, 15) is 14.4 Å². The van der Waals surface area contributed by atoms with Crippen LogP contribution in [-0.4, -0.2) is 46.0 Å². The van der Waals surface area contributed by atoms with E-state index in [-0.39, 0.29) is 5.78 Å². The Morgan fingerprint density at radius 1 is 1.27 bits per heavy atom. The van der Waals surface area contributed by atoms with E-state index in [0.29, 0.717) is 40.4 Å². The second-order valence-corrected chi connectivity index (χ2v) is 8.08. The van der Waals surface area contributed by atoms with E-state index in [4.69, 9.17) is 16.3 Å². The molecule has 0 aliphatic heterocycles. The van der Waals surface area contributed by atoms with Crippen molar-refractivity contribution in [2.24, 2.45) is 7.05 Å². The molecule has 0 radical (unpaired) electrons. The van der Waals surface area contributed by atoms with Crippen molar-refractivity contribution in [1.29, 1.82) is 0 Å². The first-order valence-electron chi connectivity index (χ1n) is 9.92. The van der Waals surface area contributed by atoms with Crippen LogP contribution in [0.15, 0.2) is 24.3 Å². The van der Waals surface area contributed by atoms with E-state index in [2.05, 4.69) is 5.10 Å². The lowest BCUT2D eigenvalue weighted by Crippen LogP contribution is -2.55. The number of esters is 1. The smallest absolute Gasteiger partial charge is 0.342 e. The zero-order valence-corrected chi connectivity index (χ0v) is 18.5. The lowest BCUT2D eigenvalue weighted by atomic mass is 9.74. The number of hydrogen-bond acceptors (Lipinski definition) is 5. The average Bonchev–Trinajstić information content (AvgIpc) is 2.98. The number of aromatic nitrogens is 2. The Morgan fingerprint density at radius 2 is 1.97 bits per heavy atom. The summed E-state index contributed by atoms with van der Waals surface area (Å²) in [6.07, 6.45) is 2.42. The first-order valence-corrected chi connectivity index (χ1v) is 10.3. The van der Waals surface area contributed by atoms with E-state index in [1.54, 1.807) is 56.9 Å².